The molecule has 0 saturated heterocycles. The van der Waals surface area contributed by atoms with Crippen LogP contribution in [0.1, 0.15) is 24.5 Å². The fraction of sp³-hybridized carbons (Fsp3) is 0.571. The van der Waals surface area contributed by atoms with Gasteiger partial charge in [0.05, 0.1) is 24.8 Å². The molecule has 0 aromatic heterocycles. The number of hydrogen-bond acceptors (Lipinski definition) is 4. The minimum absolute atomic E-state index is 0.460. The van der Waals surface area contributed by atoms with Crippen LogP contribution in [0.2, 0.25) is 5.02 Å². The van der Waals surface area contributed by atoms with E-state index in [-0.39, 0.29) is 0 Å². The van der Waals surface area contributed by atoms with Crippen LogP contribution >= 0.6 is 11.6 Å². The van der Waals surface area contributed by atoms with Crippen LogP contribution in [0.4, 0.5) is 0 Å². The van der Waals surface area contributed by atoms with Gasteiger partial charge in [-0.1, -0.05) is 11.6 Å². The summed E-state index contributed by atoms with van der Waals surface area (Å²) in [6.45, 7) is 1.14. The number of aliphatic hydroxyl groups is 1. The summed E-state index contributed by atoms with van der Waals surface area (Å²) in [5.74, 6) is 1.78. The molecule has 1 fully saturated rings. The van der Waals surface area contributed by atoms with Gasteiger partial charge in [0, 0.05) is 6.54 Å². The average molecular weight is 286 g/mol. The molecular formula is C14H20ClNO3. The molecule has 0 aliphatic heterocycles. The summed E-state index contributed by atoms with van der Waals surface area (Å²) in [5.41, 5.74) is 0.718. The van der Waals surface area contributed by atoms with Crippen molar-refractivity contribution in [2.75, 3.05) is 27.3 Å². The Bertz CT molecular complexity index is 435. The van der Waals surface area contributed by atoms with E-state index in [9.17, 15) is 5.11 Å². The van der Waals surface area contributed by atoms with E-state index in [2.05, 4.69) is 5.32 Å². The number of halogens is 1. The van der Waals surface area contributed by atoms with E-state index in [1.165, 1.54) is 12.8 Å². The maximum atomic E-state index is 9.97. The second-order valence-corrected chi connectivity index (χ2v) is 5.27. The Kier molecular flexibility index (Phi) is 4.91. The first-order valence-electron chi connectivity index (χ1n) is 6.48. The minimum atomic E-state index is -0.617. The summed E-state index contributed by atoms with van der Waals surface area (Å²) in [6, 6.07) is 3.50. The normalized spacial score (nSPS) is 16.2. The van der Waals surface area contributed by atoms with E-state index < -0.39 is 6.10 Å². The molecular weight excluding hydrogens is 266 g/mol. The molecule has 0 amide bonds. The molecule has 1 atom stereocenters. The molecule has 1 aliphatic carbocycles. The predicted octanol–water partition coefficient (Wildman–Crippen LogP) is 2.39. The number of likely N-dealkylation sites (N-methyl/N-ethyl adjacent to an activating group) is 1. The third kappa shape index (κ3) is 3.75. The lowest BCUT2D eigenvalue weighted by atomic mass is 10.1. The Balaban J connectivity index is 2.17. The lowest BCUT2D eigenvalue weighted by Crippen LogP contribution is -2.16. The summed E-state index contributed by atoms with van der Waals surface area (Å²) >= 11 is 6.22. The van der Waals surface area contributed by atoms with Gasteiger partial charge >= 0.3 is 0 Å². The Labute approximate surface area is 118 Å². The van der Waals surface area contributed by atoms with Gasteiger partial charge in [-0.15, -0.1) is 0 Å². The molecule has 1 saturated carbocycles. The number of hydrogen-bond donors (Lipinski definition) is 2. The molecule has 0 spiro atoms. The standard InChI is InChI=1S/C14H20ClNO3/c1-16-7-12(17)10-5-11(15)14(13(6-10)18-2)19-8-9-3-4-9/h5-6,9,12,16-17H,3-4,7-8H2,1-2H3. The Hall–Kier alpha value is -0.970. The second-order valence-electron chi connectivity index (χ2n) is 4.86. The number of benzene rings is 1. The number of nitrogens with one attached hydrogen (secondary N) is 1. The molecule has 1 unspecified atom stereocenters. The summed E-state index contributed by atoms with van der Waals surface area (Å²) in [7, 11) is 3.36. The van der Waals surface area contributed by atoms with Crippen molar-refractivity contribution in [3.63, 3.8) is 0 Å². The zero-order valence-electron chi connectivity index (χ0n) is 11.3. The topological polar surface area (TPSA) is 50.7 Å². The number of aliphatic hydroxyl groups excluding tert-OH is 1. The quantitative estimate of drug-likeness (QED) is 0.808. The molecule has 19 heavy (non-hydrogen) atoms. The first-order valence-corrected chi connectivity index (χ1v) is 6.86. The van der Waals surface area contributed by atoms with Crippen molar-refractivity contribution in [2.45, 2.75) is 18.9 Å². The lowest BCUT2D eigenvalue weighted by molar-refractivity contribution is 0.177. The van der Waals surface area contributed by atoms with Crippen molar-refractivity contribution in [1.29, 1.82) is 0 Å². The molecule has 4 nitrogen and oxygen atoms in total. The van der Waals surface area contributed by atoms with Crippen LogP contribution in [0.3, 0.4) is 0 Å². The van der Waals surface area contributed by atoms with Crippen LogP contribution < -0.4 is 14.8 Å². The average Bonchev–Trinajstić information content (AvgIpc) is 3.20. The first-order chi connectivity index (χ1) is 9.15. The highest BCUT2D eigenvalue weighted by Crippen LogP contribution is 2.39. The smallest absolute Gasteiger partial charge is 0.179 e. The molecule has 2 rings (SSSR count). The van der Waals surface area contributed by atoms with Crippen LogP contribution in [0.15, 0.2) is 12.1 Å². The summed E-state index contributed by atoms with van der Waals surface area (Å²) in [4.78, 5) is 0. The van der Waals surface area contributed by atoms with Crippen LogP contribution in [-0.4, -0.2) is 32.4 Å². The van der Waals surface area contributed by atoms with Crippen LogP contribution in [0.5, 0.6) is 11.5 Å². The van der Waals surface area contributed by atoms with Crippen molar-refractivity contribution in [1.82, 2.24) is 5.32 Å². The monoisotopic (exact) mass is 285 g/mol. The highest BCUT2D eigenvalue weighted by atomic mass is 35.5. The van der Waals surface area contributed by atoms with Crippen molar-refractivity contribution < 1.29 is 14.6 Å². The third-order valence-corrected chi connectivity index (χ3v) is 3.48. The predicted molar refractivity (Wildman–Crippen MR) is 75.1 cm³/mol. The largest absolute Gasteiger partial charge is 0.493 e. The van der Waals surface area contributed by atoms with E-state index in [4.69, 9.17) is 21.1 Å². The Morgan fingerprint density at radius 2 is 2.21 bits per heavy atom. The van der Waals surface area contributed by atoms with Gasteiger partial charge in [-0.2, -0.15) is 0 Å². The first kappa shape index (κ1) is 14.4. The van der Waals surface area contributed by atoms with Crippen molar-refractivity contribution in [3.8, 4) is 11.5 Å². The molecule has 0 bridgehead atoms. The van der Waals surface area contributed by atoms with Gasteiger partial charge in [-0.3, -0.25) is 0 Å². The molecule has 1 aliphatic rings. The maximum absolute atomic E-state index is 9.97. The molecule has 0 heterocycles. The van der Waals surface area contributed by atoms with Crippen LogP contribution in [-0.2, 0) is 0 Å². The molecule has 5 heteroatoms. The molecule has 1 aromatic rings. The SMILES string of the molecule is CNCC(O)c1cc(Cl)c(OCC2CC2)c(OC)c1. The summed E-state index contributed by atoms with van der Waals surface area (Å²) < 4.78 is 11.0. The summed E-state index contributed by atoms with van der Waals surface area (Å²) in [5, 5.41) is 13.4. The fourth-order valence-electron chi connectivity index (χ4n) is 1.87. The number of methoxy groups -OCH3 is 1. The molecule has 2 N–H and O–H groups in total. The zero-order chi connectivity index (χ0) is 13.8. The van der Waals surface area contributed by atoms with Gasteiger partial charge in [0.1, 0.15) is 0 Å². The van der Waals surface area contributed by atoms with E-state index in [1.807, 2.05) is 0 Å². The van der Waals surface area contributed by atoms with Gasteiger partial charge < -0.3 is 19.9 Å². The molecule has 106 valence electrons. The van der Waals surface area contributed by atoms with Gasteiger partial charge in [0.2, 0.25) is 0 Å². The van der Waals surface area contributed by atoms with E-state index in [0.29, 0.717) is 35.6 Å². The van der Waals surface area contributed by atoms with E-state index in [1.54, 1.807) is 26.3 Å². The number of rotatable bonds is 7. The summed E-state index contributed by atoms with van der Waals surface area (Å²) in [6.07, 6.45) is 1.83. The lowest BCUT2D eigenvalue weighted by Gasteiger charge is -2.16. The van der Waals surface area contributed by atoms with Gasteiger partial charge in [0.25, 0.3) is 0 Å². The van der Waals surface area contributed by atoms with Crippen LogP contribution in [0.25, 0.3) is 0 Å². The van der Waals surface area contributed by atoms with Crippen molar-refractivity contribution in [3.05, 3.63) is 22.7 Å². The zero-order valence-corrected chi connectivity index (χ0v) is 12.0. The van der Waals surface area contributed by atoms with Crippen molar-refractivity contribution in [2.24, 2.45) is 5.92 Å². The van der Waals surface area contributed by atoms with Crippen LogP contribution in [0, 0.1) is 5.92 Å². The van der Waals surface area contributed by atoms with E-state index >= 15 is 0 Å². The fourth-order valence-corrected chi connectivity index (χ4v) is 2.14. The minimum Gasteiger partial charge on any atom is -0.493 e. The van der Waals surface area contributed by atoms with Crippen molar-refractivity contribution >= 4 is 11.6 Å². The maximum Gasteiger partial charge on any atom is 0.179 e. The highest BCUT2D eigenvalue weighted by Gasteiger charge is 2.24. The number of ether oxygens (including phenoxy) is 2. The van der Waals surface area contributed by atoms with E-state index in [0.717, 1.165) is 5.56 Å². The Morgan fingerprint density at radius 3 is 2.79 bits per heavy atom. The van der Waals surface area contributed by atoms with Gasteiger partial charge in [-0.05, 0) is 43.5 Å². The highest BCUT2D eigenvalue weighted by molar-refractivity contribution is 6.32. The second kappa shape index (κ2) is 6.46. The Morgan fingerprint density at radius 1 is 1.47 bits per heavy atom. The molecule has 0 radical (unpaired) electrons. The van der Waals surface area contributed by atoms with Gasteiger partial charge in [0.15, 0.2) is 11.5 Å². The third-order valence-electron chi connectivity index (χ3n) is 3.19. The molecule has 1 aromatic carbocycles. The van der Waals surface area contributed by atoms with Gasteiger partial charge in [-0.25, -0.2) is 0 Å².